The van der Waals surface area contributed by atoms with Crippen molar-refractivity contribution >= 4 is 23.2 Å². The molecule has 5 nitrogen and oxygen atoms in total. The molecule has 0 aliphatic rings. The lowest BCUT2D eigenvalue weighted by molar-refractivity contribution is 0.102. The molecule has 0 saturated carbocycles. The first kappa shape index (κ1) is 20.6. The van der Waals surface area contributed by atoms with Crippen molar-refractivity contribution in [3.8, 4) is 17.2 Å². The van der Waals surface area contributed by atoms with Crippen molar-refractivity contribution in [2.24, 2.45) is 0 Å². The quantitative estimate of drug-likeness (QED) is 0.506. The number of rotatable bonds is 8. The van der Waals surface area contributed by atoms with E-state index in [4.69, 9.17) is 25.8 Å². The van der Waals surface area contributed by atoms with E-state index < -0.39 is 0 Å². The van der Waals surface area contributed by atoms with Crippen LogP contribution in [0.25, 0.3) is 0 Å². The SMILES string of the molecule is COc1ccc(NC(=O)c2ccc(OCCOc3ccc(C)cc3)cc2)cc1Cl. The van der Waals surface area contributed by atoms with Crippen molar-refractivity contribution in [1.29, 1.82) is 0 Å². The van der Waals surface area contributed by atoms with Gasteiger partial charge in [0.1, 0.15) is 30.5 Å². The number of carbonyl (C=O) groups is 1. The number of hydrogen-bond donors (Lipinski definition) is 1. The molecule has 6 heteroatoms. The third kappa shape index (κ3) is 5.90. The molecule has 1 N–H and O–H groups in total. The first-order valence-electron chi connectivity index (χ1n) is 9.12. The molecule has 0 aliphatic heterocycles. The van der Waals surface area contributed by atoms with Crippen LogP contribution in [0.4, 0.5) is 5.69 Å². The third-order valence-electron chi connectivity index (χ3n) is 4.17. The topological polar surface area (TPSA) is 56.8 Å². The van der Waals surface area contributed by atoms with Gasteiger partial charge in [-0.3, -0.25) is 4.79 Å². The monoisotopic (exact) mass is 411 g/mol. The maximum atomic E-state index is 12.4. The average Bonchev–Trinajstić information content (AvgIpc) is 2.73. The van der Waals surface area contributed by atoms with Crippen LogP contribution in [0.5, 0.6) is 17.2 Å². The van der Waals surface area contributed by atoms with E-state index in [1.54, 1.807) is 42.5 Å². The predicted octanol–water partition coefficient (Wildman–Crippen LogP) is 5.37. The van der Waals surface area contributed by atoms with Crippen molar-refractivity contribution in [1.82, 2.24) is 0 Å². The number of halogens is 1. The number of nitrogens with one attached hydrogen (secondary N) is 1. The van der Waals surface area contributed by atoms with Gasteiger partial charge in [-0.2, -0.15) is 0 Å². The molecule has 0 fully saturated rings. The highest BCUT2D eigenvalue weighted by Gasteiger charge is 2.08. The summed E-state index contributed by atoms with van der Waals surface area (Å²) in [7, 11) is 1.54. The van der Waals surface area contributed by atoms with E-state index in [0.717, 1.165) is 5.75 Å². The van der Waals surface area contributed by atoms with E-state index in [2.05, 4.69) is 5.32 Å². The Morgan fingerprint density at radius 1 is 0.897 bits per heavy atom. The first-order chi connectivity index (χ1) is 14.0. The van der Waals surface area contributed by atoms with Crippen LogP contribution in [0.1, 0.15) is 15.9 Å². The summed E-state index contributed by atoms with van der Waals surface area (Å²) >= 11 is 6.08. The molecule has 1 amide bonds. The minimum atomic E-state index is -0.236. The number of methoxy groups -OCH3 is 1. The Kier molecular flexibility index (Phi) is 6.98. The summed E-state index contributed by atoms with van der Waals surface area (Å²) in [5.41, 5.74) is 2.29. The Labute approximate surface area is 175 Å². The Balaban J connectivity index is 1.48. The molecule has 0 aromatic heterocycles. The van der Waals surface area contributed by atoms with Crippen molar-refractivity contribution in [2.75, 3.05) is 25.6 Å². The minimum absolute atomic E-state index is 0.236. The normalized spacial score (nSPS) is 10.3. The number of carbonyl (C=O) groups excluding carboxylic acids is 1. The second kappa shape index (κ2) is 9.85. The molecule has 0 bridgehead atoms. The summed E-state index contributed by atoms with van der Waals surface area (Å²) in [5, 5.41) is 3.24. The van der Waals surface area contributed by atoms with E-state index in [0.29, 0.717) is 41.0 Å². The molecule has 0 atom stereocenters. The fourth-order valence-electron chi connectivity index (χ4n) is 2.60. The van der Waals surface area contributed by atoms with Gasteiger partial charge < -0.3 is 19.5 Å². The van der Waals surface area contributed by atoms with Crippen LogP contribution in [-0.2, 0) is 0 Å². The number of anilines is 1. The fraction of sp³-hybridized carbons (Fsp3) is 0.174. The number of amides is 1. The molecule has 0 heterocycles. The molecular weight excluding hydrogens is 390 g/mol. The van der Waals surface area contributed by atoms with Crippen molar-refractivity contribution < 1.29 is 19.0 Å². The van der Waals surface area contributed by atoms with Gasteiger partial charge in [-0.25, -0.2) is 0 Å². The van der Waals surface area contributed by atoms with Gasteiger partial charge in [-0.1, -0.05) is 29.3 Å². The van der Waals surface area contributed by atoms with E-state index in [1.165, 1.54) is 12.7 Å². The van der Waals surface area contributed by atoms with Crippen LogP contribution >= 0.6 is 11.6 Å². The van der Waals surface area contributed by atoms with Gasteiger partial charge in [-0.15, -0.1) is 0 Å². The molecule has 0 spiro atoms. The second-order valence-electron chi connectivity index (χ2n) is 6.34. The first-order valence-corrected chi connectivity index (χ1v) is 9.50. The molecule has 3 aromatic carbocycles. The zero-order valence-corrected chi connectivity index (χ0v) is 17.0. The van der Waals surface area contributed by atoms with E-state index in [-0.39, 0.29) is 5.91 Å². The lowest BCUT2D eigenvalue weighted by Gasteiger charge is -2.10. The number of aryl methyl sites for hydroxylation is 1. The van der Waals surface area contributed by atoms with Gasteiger partial charge in [0.25, 0.3) is 5.91 Å². The number of benzene rings is 3. The Hall–Kier alpha value is -3.18. The van der Waals surface area contributed by atoms with Crippen LogP contribution < -0.4 is 19.5 Å². The Morgan fingerprint density at radius 2 is 1.48 bits per heavy atom. The predicted molar refractivity (Wildman–Crippen MR) is 115 cm³/mol. The van der Waals surface area contributed by atoms with Crippen LogP contribution in [0.3, 0.4) is 0 Å². The molecule has 0 saturated heterocycles. The summed E-state index contributed by atoms with van der Waals surface area (Å²) in [5.74, 6) is 1.80. The van der Waals surface area contributed by atoms with Crippen LogP contribution in [0.15, 0.2) is 66.7 Å². The van der Waals surface area contributed by atoms with E-state index >= 15 is 0 Å². The van der Waals surface area contributed by atoms with Crippen molar-refractivity contribution in [2.45, 2.75) is 6.92 Å². The smallest absolute Gasteiger partial charge is 0.255 e. The number of ether oxygens (including phenoxy) is 3. The zero-order valence-electron chi connectivity index (χ0n) is 16.3. The number of hydrogen-bond acceptors (Lipinski definition) is 4. The minimum Gasteiger partial charge on any atom is -0.495 e. The van der Waals surface area contributed by atoms with Gasteiger partial charge in [0.15, 0.2) is 0 Å². The van der Waals surface area contributed by atoms with Gasteiger partial charge in [-0.05, 0) is 61.5 Å². The molecule has 0 radical (unpaired) electrons. The highest BCUT2D eigenvalue weighted by Crippen LogP contribution is 2.27. The summed E-state index contributed by atoms with van der Waals surface area (Å²) in [4.78, 5) is 12.4. The lowest BCUT2D eigenvalue weighted by atomic mass is 10.2. The van der Waals surface area contributed by atoms with Gasteiger partial charge >= 0.3 is 0 Å². The molecular formula is C23H22ClNO4. The van der Waals surface area contributed by atoms with Crippen LogP contribution in [0, 0.1) is 6.92 Å². The fourth-order valence-corrected chi connectivity index (χ4v) is 2.86. The maximum Gasteiger partial charge on any atom is 0.255 e. The molecule has 150 valence electrons. The van der Waals surface area contributed by atoms with Crippen molar-refractivity contribution in [3.05, 3.63) is 82.9 Å². The van der Waals surface area contributed by atoms with Crippen LogP contribution in [-0.4, -0.2) is 26.2 Å². The molecule has 3 rings (SSSR count). The molecule has 29 heavy (non-hydrogen) atoms. The third-order valence-corrected chi connectivity index (χ3v) is 4.46. The molecule has 3 aromatic rings. The van der Waals surface area contributed by atoms with Gasteiger partial charge in [0.05, 0.1) is 12.1 Å². The Bertz CT molecular complexity index is 956. The summed E-state index contributed by atoms with van der Waals surface area (Å²) in [6, 6.07) is 19.8. The summed E-state index contributed by atoms with van der Waals surface area (Å²) in [6.07, 6.45) is 0. The zero-order chi connectivity index (χ0) is 20.6. The average molecular weight is 412 g/mol. The highest BCUT2D eigenvalue weighted by molar-refractivity contribution is 6.32. The summed E-state index contributed by atoms with van der Waals surface area (Å²) in [6.45, 7) is 2.87. The lowest BCUT2D eigenvalue weighted by Crippen LogP contribution is -2.12. The summed E-state index contributed by atoms with van der Waals surface area (Å²) < 4.78 is 16.4. The van der Waals surface area contributed by atoms with E-state index in [9.17, 15) is 4.79 Å². The van der Waals surface area contributed by atoms with Gasteiger partial charge in [0.2, 0.25) is 0 Å². The molecule has 0 aliphatic carbocycles. The highest BCUT2D eigenvalue weighted by atomic mass is 35.5. The second-order valence-corrected chi connectivity index (χ2v) is 6.75. The Morgan fingerprint density at radius 3 is 2.03 bits per heavy atom. The van der Waals surface area contributed by atoms with Gasteiger partial charge in [0, 0.05) is 11.3 Å². The largest absolute Gasteiger partial charge is 0.495 e. The van der Waals surface area contributed by atoms with E-state index in [1.807, 2.05) is 31.2 Å². The van der Waals surface area contributed by atoms with Crippen molar-refractivity contribution in [3.63, 3.8) is 0 Å². The molecule has 0 unspecified atom stereocenters. The standard InChI is InChI=1S/C23H22ClNO4/c1-16-3-8-19(9-4-16)28-13-14-29-20-10-5-17(6-11-20)23(26)25-18-7-12-22(27-2)21(24)15-18/h3-12,15H,13-14H2,1-2H3,(H,25,26). The van der Waals surface area contributed by atoms with Crippen LogP contribution in [0.2, 0.25) is 5.02 Å². The maximum absolute atomic E-state index is 12.4.